The fraction of sp³-hybridized carbons (Fsp3) is 0.400. The van der Waals surface area contributed by atoms with Crippen LogP contribution in [0.1, 0.15) is 35.3 Å². The van der Waals surface area contributed by atoms with E-state index in [1.165, 1.54) is 11.1 Å². The van der Waals surface area contributed by atoms with Gasteiger partial charge in [0.15, 0.2) is 0 Å². The van der Waals surface area contributed by atoms with Crippen LogP contribution in [0, 0.1) is 6.92 Å². The van der Waals surface area contributed by atoms with Crippen molar-refractivity contribution in [3.8, 4) is 0 Å². The van der Waals surface area contributed by atoms with Crippen LogP contribution in [0.3, 0.4) is 0 Å². The summed E-state index contributed by atoms with van der Waals surface area (Å²) in [4.78, 5) is 0. The molecule has 2 aromatic rings. The summed E-state index contributed by atoms with van der Waals surface area (Å²) in [6, 6.07) is 8.27. The third kappa shape index (κ3) is 2.82. The molecule has 1 atom stereocenters. The number of aryl methyl sites for hydroxylation is 3. The maximum absolute atomic E-state index is 6.35. The number of hydrogen-bond donors (Lipinski definition) is 1. The summed E-state index contributed by atoms with van der Waals surface area (Å²) in [5.41, 5.74) is 10.9. The molecule has 0 bridgehead atoms. The minimum atomic E-state index is -0.0449. The van der Waals surface area contributed by atoms with Crippen molar-refractivity contribution in [3.05, 3.63) is 51.8 Å². The van der Waals surface area contributed by atoms with Gasteiger partial charge in [-0.2, -0.15) is 5.10 Å². The molecule has 1 heterocycles. The van der Waals surface area contributed by atoms with Gasteiger partial charge in [0, 0.05) is 18.7 Å². The molecule has 0 radical (unpaired) electrons. The second-order valence-electron chi connectivity index (χ2n) is 4.84. The lowest BCUT2D eigenvalue weighted by Gasteiger charge is -2.15. The second-order valence-corrected chi connectivity index (χ2v) is 5.20. The van der Waals surface area contributed by atoms with Gasteiger partial charge >= 0.3 is 0 Å². The fourth-order valence-electron chi connectivity index (χ4n) is 2.45. The largest absolute Gasteiger partial charge is 0.324 e. The zero-order valence-electron chi connectivity index (χ0n) is 11.7. The van der Waals surface area contributed by atoms with E-state index in [0.717, 1.165) is 24.1 Å². The van der Waals surface area contributed by atoms with Gasteiger partial charge in [0.2, 0.25) is 0 Å². The molecule has 0 aliphatic carbocycles. The Morgan fingerprint density at radius 1 is 1.37 bits per heavy atom. The van der Waals surface area contributed by atoms with E-state index in [-0.39, 0.29) is 6.04 Å². The van der Waals surface area contributed by atoms with Gasteiger partial charge in [-0.1, -0.05) is 42.8 Å². The van der Waals surface area contributed by atoms with Gasteiger partial charge in [-0.3, -0.25) is 4.68 Å². The Bertz CT molecular complexity index is 575. The standard InChI is InChI=1S/C15H20ClN3/c1-4-11-7-5-6-8-12(11)14(17)9-13-10(2)18-19(3)15(13)16/h5-8,14H,4,9,17H2,1-3H3. The number of hydrogen-bond acceptors (Lipinski definition) is 2. The molecular formula is C15H20ClN3. The second kappa shape index (κ2) is 5.76. The average Bonchev–Trinajstić information content (AvgIpc) is 2.65. The topological polar surface area (TPSA) is 43.8 Å². The zero-order valence-corrected chi connectivity index (χ0v) is 12.4. The first-order valence-corrected chi connectivity index (χ1v) is 6.93. The predicted molar refractivity (Wildman–Crippen MR) is 79.4 cm³/mol. The van der Waals surface area contributed by atoms with Gasteiger partial charge in [-0.05, 0) is 30.9 Å². The van der Waals surface area contributed by atoms with E-state index in [9.17, 15) is 0 Å². The smallest absolute Gasteiger partial charge is 0.130 e. The molecule has 0 spiro atoms. The van der Waals surface area contributed by atoms with Gasteiger partial charge in [0.1, 0.15) is 5.15 Å². The molecule has 0 saturated carbocycles. The first kappa shape index (κ1) is 14.1. The van der Waals surface area contributed by atoms with Crippen LogP contribution in [0.5, 0.6) is 0 Å². The van der Waals surface area contributed by atoms with Gasteiger partial charge < -0.3 is 5.73 Å². The van der Waals surface area contributed by atoms with E-state index in [1.54, 1.807) is 4.68 Å². The van der Waals surface area contributed by atoms with Gasteiger partial charge in [0.05, 0.1) is 5.69 Å². The summed E-state index contributed by atoms with van der Waals surface area (Å²) in [5.74, 6) is 0. The highest BCUT2D eigenvalue weighted by atomic mass is 35.5. The van der Waals surface area contributed by atoms with Crippen molar-refractivity contribution in [1.82, 2.24) is 9.78 Å². The first-order valence-electron chi connectivity index (χ1n) is 6.56. The molecule has 3 nitrogen and oxygen atoms in total. The molecule has 0 saturated heterocycles. The third-order valence-corrected chi connectivity index (χ3v) is 4.00. The molecule has 0 fully saturated rings. The van der Waals surface area contributed by atoms with Crippen molar-refractivity contribution >= 4 is 11.6 Å². The Hall–Kier alpha value is -1.32. The summed E-state index contributed by atoms with van der Waals surface area (Å²) < 4.78 is 1.70. The van der Waals surface area contributed by atoms with Crippen LogP contribution in [0.25, 0.3) is 0 Å². The van der Waals surface area contributed by atoms with Crippen molar-refractivity contribution in [3.63, 3.8) is 0 Å². The fourth-order valence-corrected chi connectivity index (χ4v) is 2.71. The van der Waals surface area contributed by atoms with E-state index in [1.807, 2.05) is 20.0 Å². The molecule has 0 aliphatic rings. The monoisotopic (exact) mass is 277 g/mol. The number of benzene rings is 1. The lowest BCUT2D eigenvalue weighted by molar-refractivity contribution is 0.708. The number of nitrogens with two attached hydrogens (primary N) is 1. The summed E-state index contributed by atoms with van der Waals surface area (Å²) in [5, 5.41) is 5.01. The summed E-state index contributed by atoms with van der Waals surface area (Å²) >= 11 is 6.26. The Balaban J connectivity index is 2.28. The van der Waals surface area contributed by atoms with Gasteiger partial charge in [-0.25, -0.2) is 0 Å². The summed E-state index contributed by atoms with van der Waals surface area (Å²) in [6.45, 7) is 4.12. The molecular weight excluding hydrogens is 258 g/mol. The minimum Gasteiger partial charge on any atom is -0.324 e. The number of nitrogens with zero attached hydrogens (tertiary/aromatic N) is 2. The van der Waals surface area contributed by atoms with Crippen LogP contribution in [0.4, 0.5) is 0 Å². The van der Waals surface area contributed by atoms with Gasteiger partial charge in [0.25, 0.3) is 0 Å². The van der Waals surface area contributed by atoms with Crippen molar-refractivity contribution < 1.29 is 0 Å². The molecule has 2 N–H and O–H groups in total. The molecule has 1 unspecified atom stereocenters. The molecule has 19 heavy (non-hydrogen) atoms. The SMILES string of the molecule is CCc1ccccc1C(N)Cc1c(C)nn(C)c1Cl. The Morgan fingerprint density at radius 2 is 2.05 bits per heavy atom. The summed E-state index contributed by atoms with van der Waals surface area (Å²) in [6.07, 6.45) is 1.71. The average molecular weight is 278 g/mol. The maximum atomic E-state index is 6.35. The van der Waals surface area contributed by atoms with E-state index in [4.69, 9.17) is 17.3 Å². The highest BCUT2D eigenvalue weighted by Crippen LogP contribution is 2.26. The number of halogens is 1. The normalized spacial score (nSPS) is 12.7. The predicted octanol–water partition coefficient (Wildman–Crippen LogP) is 3.19. The molecule has 4 heteroatoms. The lowest BCUT2D eigenvalue weighted by atomic mass is 9.94. The highest BCUT2D eigenvalue weighted by Gasteiger charge is 2.17. The van der Waals surface area contributed by atoms with Crippen molar-refractivity contribution in [1.29, 1.82) is 0 Å². The molecule has 1 aromatic carbocycles. The van der Waals surface area contributed by atoms with Crippen LogP contribution in [-0.2, 0) is 19.9 Å². The molecule has 1 aromatic heterocycles. The molecule has 2 rings (SSSR count). The van der Waals surface area contributed by atoms with E-state index < -0.39 is 0 Å². The Labute approximate surface area is 119 Å². The number of aromatic nitrogens is 2. The molecule has 0 aliphatic heterocycles. The lowest BCUT2D eigenvalue weighted by Crippen LogP contribution is -2.15. The molecule has 0 amide bonds. The van der Waals surface area contributed by atoms with Crippen LogP contribution in [0.15, 0.2) is 24.3 Å². The molecule has 102 valence electrons. The van der Waals surface area contributed by atoms with Crippen molar-refractivity contribution in [2.75, 3.05) is 0 Å². The zero-order chi connectivity index (χ0) is 14.0. The summed E-state index contributed by atoms with van der Waals surface area (Å²) in [7, 11) is 1.85. The number of rotatable bonds is 4. The van der Waals surface area contributed by atoms with Crippen molar-refractivity contribution in [2.45, 2.75) is 32.7 Å². The van der Waals surface area contributed by atoms with E-state index in [0.29, 0.717) is 5.15 Å². The Kier molecular flexibility index (Phi) is 4.27. The van der Waals surface area contributed by atoms with Crippen LogP contribution in [-0.4, -0.2) is 9.78 Å². The van der Waals surface area contributed by atoms with Crippen LogP contribution >= 0.6 is 11.6 Å². The maximum Gasteiger partial charge on any atom is 0.130 e. The quantitative estimate of drug-likeness (QED) is 0.933. The minimum absolute atomic E-state index is 0.0449. The third-order valence-electron chi connectivity index (χ3n) is 3.53. The highest BCUT2D eigenvalue weighted by molar-refractivity contribution is 6.30. The van der Waals surface area contributed by atoms with E-state index >= 15 is 0 Å². The van der Waals surface area contributed by atoms with Crippen LogP contribution < -0.4 is 5.73 Å². The van der Waals surface area contributed by atoms with Gasteiger partial charge in [-0.15, -0.1) is 0 Å². The van der Waals surface area contributed by atoms with Crippen LogP contribution in [0.2, 0.25) is 5.15 Å². The first-order chi connectivity index (χ1) is 9.04. The Morgan fingerprint density at radius 3 is 2.63 bits per heavy atom. The van der Waals surface area contributed by atoms with Crippen molar-refractivity contribution in [2.24, 2.45) is 12.8 Å². The van der Waals surface area contributed by atoms with E-state index in [2.05, 4.69) is 30.2 Å².